The van der Waals surface area contributed by atoms with Crippen molar-refractivity contribution in [1.29, 1.82) is 0 Å². The van der Waals surface area contributed by atoms with Crippen LogP contribution in [0.15, 0.2) is 91.0 Å². The molecule has 0 fully saturated rings. The number of aryl methyl sites for hydroxylation is 11. The molecule has 5 heteroatoms. The molecule has 3 aromatic heterocycles. The summed E-state index contributed by atoms with van der Waals surface area (Å²) in [6.07, 6.45) is 0. The van der Waals surface area contributed by atoms with E-state index in [9.17, 15) is 0 Å². The summed E-state index contributed by atoms with van der Waals surface area (Å²) in [5.41, 5.74) is 20.6. The summed E-state index contributed by atoms with van der Waals surface area (Å²) >= 11 is 5.84. The fourth-order valence-corrected chi connectivity index (χ4v) is 12.3. The highest BCUT2D eigenvalue weighted by molar-refractivity contribution is 7.34. The van der Waals surface area contributed by atoms with E-state index in [-0.39, 0.29) is 13.4 Å². The van der Waals surface area contributed by atoms with E-state index in [0.29, 0.717) is 0 Å². The predicted octanol–water partition coefficient (Wildman–Crippen LogP) is 10.7. The van der Waals surface area contributed by atoms with Crippen LogP contribution in [0.3, 0.4) is 0 Å². The van der Waals surface area contributed by atoms with Gasteiger partial charge >= 0.3 is 0 Å². The molecule has 4 aromatic carbocycles. The maximum atomic E-state index is 2.39. The number of benzene rings is 4. The molecule has 54 heavy (non-hydrogen) atoms. The first kappa shape index (κ1) is 39.8. The first-order valence-corrected chi connectivity index (χ1v) is 21.8. The van der Waals surface area contributed by atoms with Gasteiger partial charge in [0.1, 0.15) is 0 Å². The molecule has 0 saturated heterocycles. The Morgan fingerprint density at radius 3 is 1.02 bits per heavy atom. The van der Waals surface area contributed by atoms with Gasteiger partial charge in [0.15, 0.2) is 0 Å². The first-order chi connectivity index (χ1) is 25.8. The molecule has 0 spiro atoms. The van der Waals surface area contributed by atoms with Crippen LogP contribution in [0.2, 0.25) is 0 Å². The molecule has 0 atom stereocenters. The standard InChI is InChI=1S/C47H48B2S3.C2H6/c1-27-12-13-38(31(5)20-27)48(45-32(6)21-28(2)22-33(45)7)43-18-16-41(51-43)39-14-15-40(50-39)42-17-19-44(52-42)49(46-34(8)23-29(3)24-35(46)9)47-36(10)25-30(4)26-37(47)11;1-2/h12-26H,1-11H3;1-2H3. The second-order valence-electron chi connectivity index (χ2n) is 15.2. The molecule has 7 rings (SSSR count). The Hall–Kier alpha value is -3.89. The lowest BCUT2D eigenvalue weighted by atomic mass is 9.37. The van der Waals surface area contributed by atoms with E-state index < -0.39 is 0 Å². The van der Waals surface area contributed by atoms with E-state index >= 15 is 0 Å². The molecule has 0 aliphatic carbocycles. The van der Waals surface area contributed by atoms with Crippen LogP contribution in [-0.2, 0) is 0 Å². The third-order valence-corrected chi connectivity index (χ3v) is 14.5. The van der Waals surface area contributed by atoms with Gasteiger partial charge in [-0.1, -0.05) is 164 Å². The minimum Gasteiger partial charge on any atom is -0.148 e. The second kappa shape index (κ2) is 16.5. The van der Waals surface area contributed by atoms with Crippen LogP contribution in [0.25, 0.3) is 19.5 Å². The number of thiophene rings is 3. The van der Waals surface area contributed by atoms with Crippen LogP contribution in [-0.4, -0.2) is 13.4 Å². The van der Waals surface area contributed by atoms with Crippen molar-refractivity contribution < 1.29 is 0 Å². The highest BCUT2D eigenvalue weighted by Gasteiger charge is 2.31. The summed E-state index contributed by atoms with van der Waals surface area (Å²) in [6, 6.07) is 35.3. The maximum Gasteiger partial charge on any atom is 0.255 e. The number of hydrogen-bond acceptors (Lipinski definition) is 3. The minimum absolute atomic E-state index is 0.204. The van der Waals surface area contributed by atoms with Gasteiger partial charge in [0.25, 0.3) is 13.4 Å². The van der Waals surface area contributed by atoms with Crippen molar-refractivity contribution in [3.63, 3.8) is 0 Å². The Kier molecular flexibility index (Phi) is 12.1. The van der Waals surface area contributed by atoms with Crippen LogP contribution in [0.5, 0.6) is 0 Å². The van der Waals surface area contributed by atoms with Crippen molar-refractivity contribution in [2.24, 2.45) is 0 Å². The van der Waals surface area contributed by atoms with Gasteiger partial charge in [-0.05, 0) is 110 Å². The van der Waals surface area contributed by atoms with Crippen molar-refractivity contribution in [2.45, 2.75) is 90.0 Å². The first-order valence-electron chi connectivity index (χ1n) is 19.4. The average molecular weight is 761 g/mol. The molecule has 0 unspecified atom stereocenters. The van der Waals surface area contributed by atoms with E-state index in [1.165, 1.54) is 112 Å². The SMILES string of the molecule is CC.Cc1ccc(B(c2ccc(-c3ccc(-c4ccc(B(c5c(C)cc(C)cc5C)c5c(C)cc(C)cc5C)s4)s3)s2)c2c(C)cc(C)cc2C)c(C)c1. The molecular weight excluding hydrogens is 706 g/mol. The largest absolute Gasteiger partial charge is 0.255 e. The lowest BCUT2D eigenvalue weighted by molar-refractivity contribution is 1.34. The van der Waals surface area contributed by atoms with Crippen LogP contribution < -0.4 is 31.4 Å². The lowest BCUT2D eigenvalue weighted by Crippen LogP contribution is -2.54. The van der Waals surface area contributed by atoms with Gasteiger partial charge in [0.05, 0.1) is 0 Å². The Bertz CT molecular complexity index is 2330. The monoisotopic (exact) mass is 760 g/mol. The van der Waals surface area contributed by atoms with Gasteiger partial charge in [-0.25, -0.2) is 0 Å². The highest BCUT2D eigenvalue weighted by Crippen LogP contribution is 2.38. The summed E-state index contributed by atoms with van der Waals surface area (Å²) in [6.45, 7) is 29.3. The molecule has 0 radical (unpaired) electrons. The fourth-order valence-electron chi connectivity index (χ4n) is 8.85. The molecule has 274 valence electrons. The fraction of sp³-hybridized carbons (Fsp3) is 0.265. The van der Waals surface area contributed by atoms with Gasteiger partial charge in [-0.15, -0.1) is 34.0 Å². The smallest absolute Gasteiger partial charge is 0.148 e. The van der Waals surface area contributed by atoms with Crippen LogP contribution in [0.1, 0.15) is 75.0 Å². The zero-order valence-electron chi connectivity index (χ0n) is 34.5. The summed E-state index contributed by atoms with van der Waals surface area (Å²) in [5, 5.41) is 0. The predicted molar refractivity (Wildman–Crippen MR) is 249 cm³/mol. The zero-order chi connectivity index (χ0) is 39.0. The van der Waals surface area contributed by atoms with Crippen molar-refractivity contribution >= 4 is 78.8 Å². The normalized spacial score (nSPS) is 11.1. The molecule has 0 saturated carbocycles. The van der Waals surface area contributed by atoms with E-state index in [2.05, 4.69) is 167 Å². The van der Waals surface area contributed by atoms with Crippen molar-refractivity contribution in [2.75, 3.05) is 0 Å². The Morgan fingerprint density at radius 2 is 0.630 bits per heavy atom. The molecule has 0 aliphatic heterocycles. The molecular formula is C49H54B2S3. The minimum atomic E-state index is 0.204. The van der Waals surface area contributed by atoms with Gasteiger partial charge in [0.2, 0.25) is 0 Å². The molecule has 0 bridgehead atoms. The lowest BCUT2D eigenvalue weighted by Gasteiger charge is -2.23. The van der Waals surface area contributed by atoms with Crippen LogP contribution in [0, 0.1) is 76.2 Å². The van der Waals surface area contributed by atoms with Crippen molar-refractivity contribution in [3.8, 4) is 19.5 Å². The molecule has 0 aliphatic rings. The van der Waals surface area contributed by atoms with Crippen LogP contribution in [0.4, 0.5) is 0 Å². The molecule has 0 amide bonds. The average Bonchev–Trinajstić information content (AvgIpc) is 3.88. The number of rotatable bonds is 8. The topological polar surface area (TPSA) is 0 Å². The van der Waals surface area contributed by atoms with Gasteiger partial charge in [-0.3, -0.25) is 0 Å². The Balaban J connectivity index is 0.00000245. The molecule has 0 nitrogen and oxygen atoms in total. The van der Waals surface area contributed by atoms with Gasteiger partial charge < -0.3 is 0 Å². The Morgan fingerprint density at radius 1 is 0.315 bits per heavy atom. The molecule has 7 aromatic rings. The van der Waals surface area contributed by atoms with Gasteiger partial charge in [0, 0.05) is 19.5 Å². The molecule has 3 heterocycles. The Labute approximate surface area is 338 Å². The van der Waals surface area contributed by atoms with E-state index in [4.69, 9.17) is 0 Å². The van der Waals surface area contributed by atoms with E-state index in [1.807, 2.05) is 47.9 Å². The second-order valence-corrected chi connectivity index (χ2v) is 18.5. The third-order valence-electron chi connectivity index (χ3n) is 10.7. The summed E-state index contributed by atoms with van der Waals surface area (Å²) < 4.78 is 2.81. The summed E-state index contributed by atoms with van der Waals surface area (Å²) in [7, 11) is 0. The number of hydrogen-bond donors (Lipinski definition) is 0. The molecule has 0 N–H and O–H groups in total. The van der Waals surface area contributed by atoms with Crippen molar-refractivity contribution in [1.82, 2.24) is 0 Å². The summed E-state index contributed by atoms with van der Waals surface area (Å²) in [4.78, 5) is 5.36. The van der Waals surface area contributed by atoms with Crippen LogP contribution >= 0.6 is 34.0 Å². The maximum absolute atomic E-state index is 2.39. The van der Waals surface area contributed by atoms with Crippen molar-refractivity contribution in [3.05, 3.63) is 152 Å². The van der Waals surface area contributed by atoms with E-state index in [1.54, 1.807) is 0 Å². The van der Waals surface area contributed by atoms with Gasteiger partial charge in [-0.2, -0.15) is 0 Å². The quantitative estimate of drug-likeness (QED) is 0.135. The highest BCUT2D eigenvalue weighted by atomic mass is 32.1. The summed E-state index contributed by atoms with van der Waals surface area (Å²) in [5.74, 6) is 0. The zero-order valence-corrected chi connectivity index (χ0v) is 37.0. The third kappa shape index (κ3) is 7.92. The van der Waals surface area contributed by atoms with E-state index in [0.717, 1.165) is 0 Å².